The monoisotopic (exact) mass is 288 g/mol. The van der Waals surface area contributed by atoms with Crippen molar-refractivity contribution in [2.45, 2.75) is 33.1 Å². The molecule has 0 bridgehead atoms. The van der Waals surface area contributed by atoms with Crippen molar-refractivity contribution in [2.24, 2.45) is 0 Å². The van der Waals surface area contributed by atoms with Crippen LogP contribution in [0, 0.1) is 6.92 Å². The van der Waals surface area contributed by atoms with Crippen molar-refractivity contribution in [3.8, 4) is 0 Å². The molecule has 0 amide bonds. The summed E-state index contributed by atoms with van der Waals surface area (Å²) in [5.74, 6) is 0. The third-order valence-corrected chi connectivity index (χ3v) is 4.54. The maximum atomic E-state index is 4.91. The number of aryl methyl sites for hydroxylation is 2. The van der Waals surface area contributed by atoms with Gasteiger partial charge in [-0.25, -0.2) is 4.98 Å². The van der Waals surface area contributed by atoms with Gasteiger partial charge in [-0.1, -0.05) is 55.8 Å². The molecule has 0 saturated heterocycles. The Bertz CT molecular complexity index is 979. The zero-order valence-electron chi connectivity index (χ0n) is 13.1. The minimum atomic E-state index is 1.09. The van der Waals surface area contributed by atoms with Gasteiger partial charge in [0.2, 0.25) is 0 Å². The second-order valence-corrected chi connectivity index (χ2v) is 5.97. The Labute approximate surface area is 130 Å². The van der Waals surface area contributed by atoms with Crippen molar-refractivity contribution in [3.05, 3.63) is 59.9 Å². The van der Waals surface area contributed by atoms with E-state index in [1.165, 1.54) is 40.2 Å². The lowest BCUT2D eigenvalue weighted by molar-refractivity contribution is 0.769. The predicted molar refractivity (Wildman–Crippen MR) is 93.6 cm³/mol. The molecule has 0 spiro atoms. The molecule has 0 fully saturated rings. The van der Waals surface area contributed by atoms with Crippen LogP contribution in [0.15, 0.2) is 48.5 Å². The van der Waals surface area contributed by atoms with Crippen LogP contribution >= 0.6 is 0 Å². The standard InChI is InChI=1S/C20H20N2/c1-3-4-12-18-14(2)21-20-17-11-6-5-9-15(17)16-10-7-8-13-19(16)22(18)20/h5-11,13H,3-4,12H2,1-2H3. The molecule has 2 heterocycles. The Morgan fingerprint density at radius 2 is 1.59 bits per heavy atom. The Hall–Kier alpha value is -2.35. The fourth-order valence-corrected chi connectivity index (χ4v) is 3.45. The van der Waals surface area contributed by atoms with E-state index in [9.17, 15) is 0 Å². The summed E-state index contributed by atoms with van der Waals surface area (Å²) in [5, 5.41) is 3.84. The van der Waals surface area contributed by atoms with Crippen molar-refractivity contribution in [1.82, 2.24) is 9.38 Å². The average molecular weight is 288 g/mol. The molecule has 110 valence electrons. The highest BCUT2D eigenvalue weighted by atomic mass is 15.0. The van der Waals surface area contributed by atoms with Crippen molar-refractivity contribution in [1.29, 1.82) is 0 Å². The first-order valence-electron chi connectivity index (χ1n) is 8.08. The van der Waals surface area contributed by atoms with Gasteiger partial charge in [-0.15, -0.1) is 0 Å². The van der Waals surface area contributed by atoms with Gasteiger partial charge in [0.05, 0.1) is 11.2 Å². The predicted octanol–water partition coefficient (Wildman–Crippen LogP) is 5.29. The molecule has 0 unspecified atom stereocenters. The minimum absolute atomic E-state index is 1.09. The van der Waals surface area contributed by atoms with Crippen LogP contribution in [-0.2, 0) is 6.42 Å². The molecule has 2 aromatic carbocycles. The largest absolute Gasteiger partial charge is 0.296 e. The summed E-state index contributed by atoms with van der Waals surface area (Å²) in [6.07, 6.45) is 3.50. The van der Waals surface area contributed by atoms with E-state index >= 15 is 0 Å². The number of para-hydroxylation sites is 1. The van der Waals surface area contributed by atoms with E-state index in [0.717, 1.165) is 17.8 Å². The molecule has 2 nitrogen and oxygen atoms in total. The van der Waals surface area contributed by atoms with Crippen molar-refractivity contribution < 1.29 is 0 Å². The highest BCUT2D eigenvalue weighted by molar-refractivity contribution is 6.11. The molecule has 0 aliphatic heterocycles. The third kappa shape index (κ3) is 1.83. The van der Waals surface area contributed by atoms with E-state index in [1.807, 2.05) is 0 Å². The molecule has 0 aliphatic carbocycles. The maximum Gasteiger partial charge on any atom is 0.145 e. The molecule has 2 aromatic heterocycles. The first kappa shape index (κ1) is 13.3. The maximum absolute atomic E-state index is 4.91. The minimum Gasteiger partial charge on any atom is -0.296 e. The second kappa shape index (κ2) is 5.13. The highest BCUT2D eigenvalue weighted by Crippen LogP contribution is 2.31. The van der Waals surface area contributed by atoms with Crippen LogP contribution in [0.1, 0.15) is 31.2 Å². The van der Waals surface area contributed by atoms with Crippen LogP contribution < -0.4 is 0 Å². The van der Waals surface area contributed by atoms with Gasteiger partial charge in [0.25, 0.3) is 0 Å². The summed E-state index contributed by atoms with van der Waals surface area (Å²) < 4.78 is 2.38. The van der Waals surface area contributed by atoms with Gasteiger partial charge in [-0.05, 0) is 31.2 Å². The summed E-state index contributed by atoms with van der Waals surface area (Å²) >= 11 is 0. The van der Waals surface area contributed by atoms with E-state index in [0.29, 0.717) is 0 Å². The van der Waals surface area contributed by atoms with Gasteiger partial charge < -0.3 is 0 Å². The number of pyridine rings is 1. The number of imidazole rings is 1. The van der Waals surface area contributed by atoms with E-state index in [1.54, 1.807) is 0 Å². The number of nitrogens with zero attached hydrogens (tertiary/aromatic N) is 2. The molecular weight excluding hydrogens is 268 g/mol. The number of hydrogen-bond acceptors (Lipinski definition) is 1. The van der Waals surface area contributed by atoms with Gasteiger partial charge in [0.1, 0.15) is 5.65 Å². The zero-order valence-corrected chi connectivity index (χ0v) is 13.1. The summed E-state index contributed by atoms with van der Waals surface area (Å²) in [7, 11) is 0. The van der Waals surface area contributed by atoms with E-state index in [-0.39, 0.29) is 0 Å². The van der Waals surface area contributed by atoms with E-state index < -0.39 is 0 Å². The SMILES string of the molecule is CCCCc1c(C)nc2c3ccccc3c3ccccc3n12. The summed E-state index contributed by atoms with van der Waals surface area (Å²) in [6.45, 7) is 4.38. The molecule has 0 aliphatic rings. The molecular formula is C20H20N2. The van der Waals surface area contributed by atoms with E-state index in [2.05, 4.69) is 66.8 Å². The first-order valence-corrected chi connectivity index (χ1v) is 8.08. The van der Waals surface area contributed by atoms with Crippen LogP contribution in [0.2, 0.25) is 0 Å². The Morgan fingerprint density at radius 1 is 0.909 bits per heavy atom. The summed E-state index contributed by atoms with van der Waals surface area (Å²) in [5.41, 5.74) is 4.88. The van der Waals surface area contributed by atoms with Gasteiger partial charge >= 0.3 is 0 Å². The van der Waals surface area contributed by atoms with Gasteiger partial charge in [-0.3, -0.25) is 4.40 Å². The number of benzene rings is 2. The Kier molecular flexibility index (Phi) is 3.11. The number of rotatable bonds is 3. The van der Waals surface area contributed by atoms with Gasteiger partial charge in [-0.2, -0.15) is 0 Å². The number of aromatic nitrogens is 2. The third-order valence-electron chi connectivity index (χ3n) is 4.54. The van der Waals surface area contributed by atoms with Gasteiger partial charge in [0.15, 0.2) is 0 Å². The van der Waals surface area contributed by atoms with Crippen LogP contribution in [0.25, 0.3) is 27.3 Å². The quantitative estimate of drug-likeness (QED) is 0.468. The first-order chi connectivity index (χ1) is 10.8. The molecule has 2 heteroatoms. The molecule has 0 atom stereocenters. The highest BCUT2D eigenvalue weighted by Gasteiger charge is 2.14. The smallest absolute Gasteiger partial charge is 0.145 e. The summed E-state index contributed by atoms with van der Waals surface area (Å²) in [4.78, 5) is 4.91. The number of fused-ring (bicyclic) bond motifs is 6. The second-order valence-electron chi connectivity index (χ2n) is 5.97. The molecule has 0 saturated carbocycles. The fourth-order valence-electron chi connectivity index (χ4n) is 3.45. The topological polar surface area (TPSA) is 17.3 Å². The van der Waals surface area contributed by atoms with E-state index in [4.69, 9.17) is 4.98 Å². The lowest BCUT2D eigenvalue weighted by atomic mass is 10.1. The van der Waals surface area contributed by atoms with Crippen LogP contribution in [0.5, 0.6) is 0 Å². The molecule has 4 rings (SSSR count). The molecule has 22 heavy (non-hydrogen) atoms. The van der Waals surface area contributed by atoms with Crippen LogP contribution in [0.4, 0.5) is 0 Å². The average Bonchev–Trinajstić information content (AvgIpc) is 2.90. The normalized spacial score (nSPS) is 11.7. The van der Waals surface area contributed by atoms with Crippen molar-refractivity contribution in [3.63, 3.8) is 0 Å². The summed E-state index contributed by atoms with van der Waals surface area (Å²) in [6, 6.07) is 17.3. The Morgan fingerprint density at radius 3 is 2.36 bits per heavy atom. The molecule has 0 radical (unpaired) electrons. The zero-order chi connectivity index (χ0) is 15.1. The van der Waals surface area contributed by atoms with Crippen LogP contribution in [-0.4, -0.2) is 9.38 Å². The Balaban J connectivity index is 2.22. The van der Waals surface area contributed by atoms with Gasteiger partial charge in [0, 0.05) is 16.5 Å². The molecule has 0 N–H and O–H groups in total. The molecule has 4 aromatic rings. The number of hydrogen-bond donors (Lipinski definition) is 0. The van der Waals surface area contributed by atoms with Crippen molar-refractivity contribution in [2.75, 3.05) is 0 Å². The lowest BCUT2D eigenvalue weighted by Gasteiger charge is -2.10. The lowest BCUT2D eigenvalue weighted by Crippen LogP contribution is -1.97. The fraction of sp³-hybridized carbons (Fsp3) is 0.250. The van der Waals surface area contributed by atoms with Crippen LogP contribution in [0.3, 0.4) is 0 Å². The van der Waals surface area contributed by atoms with Crippen molar-refractivity contribution >= 4 is 27.3 Å². The number of unbranched alkanes of at least 4 members (excludes halogenated alkanes) is 1.